The first-order valence-corrected chi connectivity index (χ1v) is 6.01. The first-order valence-electron chi connectivity index (χ1n) is 6.01. The Balaban J connectivity index is 2.19. The molecule has 1 saturated heterocycles. The van der Waals surface area contributed by atoms with Gasteiger partial charge in [-0.15, -0.1) is 0 Å². The molecule has 0 aromatic carbocycles. The van der Waals surface area contributed by atoms with Crippen molar-refractivity contribution < 1.29 is 14.7 Å². The molecule has 2 aliphatic rings. The van der Waals surface area contributed by atoms with Crippen LogP contribution in [0.5, 0.6) is 0 Å². The summed E-state index contributed by atoms with van der Waals surface area (Å²) < 4.78 is 0. The minimum absolute atomic E-state index is 0.122. The number of allylic oxidation sites excluding steroid dienone is 1. The van der Waals surface area contributed by atoms with Gasteiger partial charge in [-0.05, 0) is 19.3 Å². The molecule has 1 aliphatic heterocycles. The van der Waals surface area contributed by atoms with E-state index in [1.165, 1.54) is 0 Å². The van der Waals surface area contributed by atoms with E-state index in [0.29, 0.717) is 12.5 Å². The maximum absolute atomic E-state index is 12.0. The van der Waals surface area contributed by atoms with Gasteiger partial charge < -0.3 is 15.3 Å². The van der Waals surface area contributed by atoms with Gasteiger partial charge in [-0.1, -0.05) is 6.08 Å². The summed E-state index contributed by atoms with van der Waals surface area (Å²) in [6.07, 6.45) is 5.16. The van der Waals surface area contributed by atoms with Crippen molar-refractivity contribution in [3.05, 3.63) is 11.8 Å². The molecule has 0 aromatic rings. The van der Waals surface area contributed by atoms with Crippen LogP contribution < -0.4 is 5.32 Å². The van der Waals surface area contributed by atoms with E-state index in [9.17, 15) is 9.59 Å². The third kappa shape index (κ3) is 2.60. The second kappa shape index (κ2) is 4.77. The Hall–Kier alpha value is -1.52. The van der Waals surface area contributed by atoms with Gasteiger partial charge in [-0.3, -0.25) is 9.59 Å². The highest BCUT2D eigenvalue weighted by Gasteiger charge is 2.33. The molecule has 0 aromatic heterocycles. The minimum atomic E-state index is -0.945. The summed E-state index contributed by atoms with van der Waals surface area (Å²) >= 11 is 0. The van der Waals surface area contributed by atoms with Crippen LogP contribution in [0.15, 0.2) is 11.8 Å². The zero-order valence-corrected chi connectivity index (χ0v) is 9.98. The molecule has 2 rings (SSSR count). The summed E-state index contributed by atoms with van der Waals surface area (Å²) in [5, 5.41) is 11.9. The Kier molecular flexibility index (Phi) is 3.36. The van der Waals surface area contributed by atoms with Gasteiger partial charge in [0.2, 0.25) is 5.91 Å². The first-order chi connectivity index (χ1) is 8.08. The molecule has 1 aliphatic carbocycles. The van der Waals surface area contributed by atoms with Gasteiger partial charge in [0.25, 0.3) is 0 Å². The Morgan fingerprint density at radius 1 is 1.65 bits per heavy atom. The average molecular weight is 238 g/mol. The summed E-state index contributed by atoms with van der Waals surface area (Å²) in [6.45, 7) is 0.688. The number of hydrogen-bond acceptors (Lipinski definition) is 3. The standard InChI is InChI=1S/C12H18N2O3/c1-14-7-8-4-2-3-5-9(8)13-10(12(14)17)6-11(15)16/h5,8,10,13H,2-4,6-7H2,1H3,(H,15,16). The number of likely N-dealkylation sites (N-methyl/N-ethyl adjacent to an activating group) is 1. The number of rotatable bonds is 2. The Labute approximate surface area is 100 Å². The topological polar surface area (TPSA) is 69.6 Å². The maximum Gasteiger partial charge on any atom is 0.305 e. The van der Waals surface area contributed by atoms with Crippen LogP contribution in [0.25, 0.3) is 0 Å². The van der Waals surface area contributed by atoms with Crippen molar-refractivity contribution in [1.29, 1.82) is 0 Å². The lowest BCUT2D eigenvalue weighted by Gasteiger charge is -2.24. The molecule has 0 radical (unpaired) electrons. The number of carbonyl (C=O) groups is 2. The van der Waals surface area contributed by atoms with E-state index in [1.54, 1.807) is 11.9 Å². The number of carboxylic acids is 1. The summed E-state index contributed by atoms with van der Waals surface area (Å²) in [7, 11) is 1.75. The van der Waals surface area contributed by atoms with E-state index < -0.39 is 12.0 Å². The molecule has 5 nitrogen and oxygen atoms in total. The second-order valence-electron chi connectivity index (χ2n) is 4.80. The smallest absolute Gasteiger partial charge is 0.305 e. The molecule has 0 saturated carbocycles. The van der Waals surface area contributed by atoms with E-state index in [0.717, 1.165) is 25.0 Å². The number of carboxylic acid groups (broad SMARTS) is 1. The third-order valence-corrected chi connectivity index (χ3v) is 3.45. The van der Waals surface area contributed by atoms with Crippen LogP contribution >= 0.6 is 0 Å². The van der Waals surface area contributed by atoms with Crippen molar-refractivity contribution in [2.75, 3.05) is 13.6 Å². The van der Waals surface area contributed by atoms with E-state index in [1.807, 2.05) is 0 Å². The molecule has 1 amide bonds. The van der Waals surface area contributed by atoms with E-state index in [-0.39, 0.29) is 12.3 Å². The van der Waals surface area contributed by atoms with Crippen LogP contribution in [-0.4, -0.2) is 41.5 Å². The van der Waals surface area contributed by atoms with Gasteiger partial charge >= 0.3 is 5.97 Å². The van der Waals surface area contributed by atoms with Gasteiger partial charge in [0.15, 0.2) is 0 Å². The lowest BCUT2D eigenvalue weighted by molar-refractivity contribution is -0.141. The first kappa shape index (κ1) is 12.0. The van der Waals surface area contributed by atoms with Crippen molar-refractivity contribution >= 4 is 11.9 Å². The number of nitrogens with one attached hydrogen (secondary N) is 1. The number of hydrogen-bond donors (Lipinski definition) is 2. The van der Waals surface area contributed by atoms with Gasteiger partial charge in [-0.25, -0.2) is 0 Å². The normalized spacial score (nSPS) is 28.9. The molecule has 0 spiro atoms. The monoisotopic (exact) mass is 238 g/mol. The molecular weight excluding hydrogens is 220 g/mol. The highest BCUT2D eigenvalue weighted by Crippen LogP contribution is 2.26. The molecule has 0 bridgehead atoms. The van der Waals surface area contributed by atoms with E-state index >= 15 is 0 Å². The van der Waals surface area contributed by atoms with Crippen LogP contribution in [0.2, 0.25) is 0 Å². The van der Waals surface area contributed by atoms with Crippen LogP contribution in [-0.2, 0) is 9.59 Å². The van der Waals surface area contributed by atoms with Gasteiger partial charge in [0.05, 0.1) is 6.42 Å². The lowest BCUT2D eigenvalue weighted by Crippen LogP contribution is -2.42. The van der Waals surface area contributed by atoms with E-state index in [2.05, 4.69) is 11.4 Å². The fourth-order valence-corrected chi connectivity index (χ4v) is 2.57. The van der Waals surface area contributed by atoms with Crippen LogP contribution in [0.1, 0.15) is 25.7 Å². The summed E-state index contributed by atoms with van der Waals surface area (Å²) in [4.78, 5) is 24.4. The highest BCUT2D eigenvalue weighted by molar-refractivity contribution is 5.86. The molecule has 2 atom stereocenters. The SMILES string of the molecule is CN1CC2CCCC=C2NC(CC(=O)O)C1=O. The van der Waals surface area contributed by atoms with Crippen molar-refractivity contribution in [1.82, 2.24) is 10.2 Å². The predicted octanol–water partition coefficient (Wildman–Crippen LogP) is 0.575. The summed E-state index contributed by atoms with van der Waals surface area (Å²) in [5.74, 6) is -0.724. The molecule has 5 heteroatoms. The van der Waals surface area contributed by atoms with Gasteiger partial charge in [0.1, 0.15) is 6.04 Å². The fourth-order valence-electron chi connectivity index (χ4n) is 2.57. The Bertz CT molecular complexity index is 365. The number of fused-ring (bicyclic) bond motifs is 1. The quantitative estimate of drug-likeness (QED) is 0.738. The molecule has 2 unspecified atom stereocenters. The molecule has 17 heavy (non-hydrogen) atoms. The number of carbonyl (C=O) groups excluding carboxylic acids is 1. The summed E-state index contributed by atoms with van der Waals surface area (Å²) in [6, 6.07) is -0.619. The molecule has 2 N–H and O–H groups in total. The number of nitrogens with zero attached hydrogens (tertiary/aromatic N) is 1. The number of amides is 1. The van der Waals surface area contributed by atoms with Crippen molar-refractivity contribution in [2.45, 2.75) is 31.7 Å². The zero-order valence-electron chi connectivity index (χ0n) is 9.98. The predicted molar refractivity (Wildman–Crippen MR) is 62.2 cm³/mol. The summed E-state index contributed by atoms with van der Waals surface area (Å²) in [5.41, 5.74) is 1.06. The van der Waals surface area contributed by atoms with Crippen LogP contribution in [0.3, 0.4) is 0 Å². The average Bonchev–Trinajstić information content (AvgIpc) is 2.38. The highest BCUT2D eigenvalue weighted by atomic mass is 16.4. The molecule has 94 valence electrons. The number of aliphatic carboxylic acids is 1. The van der Waals surface area contributed by atoms with Crippen molar-refractivity contribution in [2.24, 2.45) is 5.92 Å². The van der Waals surface area contributed by atoms with Crippen LogP contribution in [0.4, 0.5) is 0 Å². The van der Waals surface area contributed by atoms with Gasteiger partial charge in [0, 0.05) is 25.2 Å². The van der Waals surface area contributed by atoms with Crippen molar-refractivity contribution in [3.8, 4) is 0 Å². The largest absolute Gasteiger partial charge is 0.481 e. The van der Waals surface area contributed by atoms with Crippen LogP contribution in [0, 0.1) is 5.92 Å². The Morgan fingerprint density at radius 2 is 2.41 bits per heavy atom. The van der Waals surface area contributed by atoms with Crippen molar-refractivity contribution in [3.63, 3.8) is 0 Å². The molecular formula is C12H18N2O3. The zero-order chi connectivity index (χ0) is 12.4. The fraction of sp³-hybridized carbons (Fsp3) is 0.667. The van der Waals surface area contributed by atoms with Gasteiger partial charge in [-0.2, -0.15) is 0 Å². The van der Waals surface area contributed by atoms with E-state index in [4.69, 9.17) is 5.11 Å². The molecule has 1 heterocycles. The lowest BCUT2D eigenvalue weighted by atomic mass is 9.92. The Morgan fingerprint density at radius 3 is 3.12 bits per heavy atom. The molecule has 1 fully saturated rings. The minimum Gasteiger partial charge on any atom is -0.481 e. The maximum atomic E-state index is 12.0. The second-order valence-corrected chi connectivity index (χ2v) is 4.80. The third-order valence-electron chi connectivity index (χ3n) is 3.45.